The van der Waals surface area contributed by atoms with Gasteiger partial charge >= 0.3 is 6.03 Å². The number of nitrogens with zero attached hydrogens (tertiary/aromatic N) is 1. The molecule has 0 radical (unpaired) electrons. The largest absolute Gasteiger partial charge is 0.493 e. The number of hydrogen-bond acceptors (Lipinski definition) is 5. The minimum atomic E-state index is -0.809. The molecule has 0 aromatic heterocycles. The Balaban J connectivity index is 1.65. The van der Waals surface area contributed by atoms with Gasteiger partial charge in [-0.3, -0.25) is 14.9 Å². The minimum absolute atomic E-state index is 0.191. The summed E-state index contributed by atoms with van der Waals surface area (Å²) in [6, 6.07) is 18.8. The molecule has 1 fully saturated rings. The number of benzene rings is 3. The highest BCUT2D eigenvalue weighted by Gasteiger charge is 2.37. The first kappa shape index (κ1) is 23.7. The van der Waals surface area contributed by atoms with Gasteiger partial charge in [-0.2, -0.15) is 0 Å². The number of rotatable bonds is 6. The normalized spacial score (nSPS) is 14.9. The van der Waals surface area contributed by atoms with Gasteiger partial charge in [0.1, 0.15) is 12.2 Å². The standard InChI is InChI=1S/C25H18Br2N2O5/c1-33-21-12-16(20(27)13-22(21)34-14-15-5-3-2-4-6-15)11-19-23(30)28-25(32)29(24(19)31)18-9-7-17(26)8-10-18/h2-13H,14H2,1H3,(H,28,30,32)/b19-11+. The van der Waals surface area contributed by atoms with E-state index in [2.05, 4.69) is 37.2 Å². The van der Waals surface area contributed by atoms with Crippen molar-refractivity contribution in [2.24, 2.45) is 0 Å². The number of anilines is 1. The van der Waals surface area contributed by atoms with Gasteiger partial charge in [0.05, 0.1) is 12.8 Å². The lowest BCUT2D eigenvalue weighted by atomic mass is 10.1. The van der Waals surface area contributed by atoms with Gasteiger partial charge < -0.3 is 9.47 Å². The lowest BCUT2D eigenvalue weighted by Crippen LogP contribution is -2.54. The van der Waals surface area contributed by atoms with Crippen LogP contribution in [0.3, 0.4) is 0 Å². The maximum Gasteiger partial charge on any atom is 0.335 e. The predicted molar refractivity (Wildman–Crippen MR) is 135 cm³/mol. The molecule has 0 saturated carbocycles. The number of carbonyl (C=O) groups excluding carboxylic acids is 3. The molecule has 1 heterocycles. The van der Waals surface area contributed by atoms with Crippen molar-refractivity contribution < 1.29 is 23.9 Å². The quantitative estimate of drug-likeness (QED) is 0.306. The first-order valence-corrected chi connectivity index (χ1v) is 11.7. The number of barbiturate groups is 1. The summed E-state index contributed by atoms with van der Waals surface area (Å²) in [6.07, 6.45) is 1.41. The fourth-order valence-electron chi connectivity index (χ4n) is 3.31. The lowest BCUT2D eigenvalue weighted by Gasteiger charge is -2.26. The molecule has 0 unspecified atom stereocenters. The van der Waals surface area contributed by atoms with Crippen LogP contribution in [0, 0.1) is 0 Å². The monoisotopic (exact) mass is 584 g/mol. The molecule has 0 aliphatic carbocycles. The second-order valence-corrected chi connectivity index (χ2v) is 9.00. The zero-order valence-electron chi connectivity index (χ0n) is 17.9. The summed E-state index contributed by atoms with van der Waals surface area (Å²) >= 11 is 6.79. The van der Waals surface area contributed by atoms with Crippen molar-refractivity contribution >= 4 is 61.5 Å². The number of urea groups is 1. The third-order valence-corrected chi connectivity index (χ3v) is 6.22. The predicted octanol–water partition coefficient (Wildman–Crippen LogP) is 5.47. The molecule has 7 nitrogen and oxygen atoms in total. The van der Waals surface area contributed by atoms with Crippen LogP contribution >= 0.6 is 31.9 Å². The third kappa shape index (κ3) is 5.05. The molecule has 1 aliphatic rings. The molecule has 0 atom stereocenters. The van der Waals surface area contributed by atoms with E-state index in [1.54, 1.807) is 36.4 Å². The van der Waals surface area contributed by atoms with E-state index in [1.807, 2.05) is 30.3 Å². The number of halogens is 2. The molecule has 3 aromatic carbocycles. The fraction of sp³-hybridized carbons (Fsp3) is 0.0800. The number of ether oxygens (including phenoxy) is 2. The average Bonchev–Trinajstić information content (AvgIpc) is 2.83. The van der Waals surface area contributed by atoms with Gasteiger partial charge in [-0.25, -0.2) is 9.69 Å². The molecule has 172 valence electrons. The fourth-order valence-corrected chi connectivity index (χ4v) is 4.01. The van der Waals surface area contributed by atoms with Gasteiger partial charge in [0.15, 0.2) is 11.5 Å². The lowest BCUT2D eigenvalue weighted by molar-refractivity contribution is -0.122. The first-order chi connectivity index (χ1) is 16.4. The smallest absolute Gasteiger partial charge is 0.335 e. The summed E-state index contributed by atoms with van der Waals surface area (Å²) < 4.78 is 12.7. The van der Waals surface area contributed by atoms with E-state index in [-0.39, 0.29) is 5.57 Å². The second kappa shape index (κ2) is 10.2. The van der Waals surface area contributed by atoms with Crippen molar-refractivity contribution in [2.75, 3.05) is 12.0 Å². The van der Waals surface area contributed by atoms with Crippen LogP contribution < -0.4 is 19.7 Å². The highest BCUT2D eigenvalue weighted by molar-refractivity contribution is 9.10. The molecule has 3 aromatic rings. The molecule has 34 heavy (non-hydrogen) atoms. The van der Waals surface area contributed by atoms with Crippen LogP contribution in [0.2, 0.25) is 0 Å². The van der Waals surface area contributed by atoms with E-state index in [0.717, 1.165) is 14.9 Å². The third-order valence-electron chi connectivity index (χ3n) is 5.01. The van der Waals surface area contributed by atoms with Crippen LogP contribution in [-0.4, -0.2) is 25.0 Å². The summed E-state index contributed by atoms with van der Waals surface area (Å²) in [6.45, 7) is 0.342. The molecule has 1 N–H and O–H groups in total. The van der Waals surface area contributed by atoms with Gasteiger partial charge in [0.2, 0.25) is 0 Å². The Hall–Kier alpha value is -3.43. The first-order valence-electron chi connectivity index (χ1n) is 10.1. The molecule has 0 bridgehead atoms. The number of hydrogen-bond donors (Lipinski definition) is 1. The number of carbonyl (C=O) groups is 3. The van der Waals surface area contributed by atoms with Crippen LogP contribution in [0.1, 0.15) is 11.1 Å². The van der Waals surface area contributed by atoms with E-state index in [9.17, 15) is 14.4 Å². The average molecular weight is 586 g/mol. The molecule has 1 saturated heterocycles. The topological polar surface area (TPSA) is 84.9 Å². The van der Waals surface area contributed by atoms with E-state index in [1.165, 1.54) is 13.2 Å². The maximum absolute atomic E-state index is 13.1. The van der Waals surface area contributed by atoms with Gasteiger partial charge in [-0.05, 0) is 53.6 Å². The van der Waals surface area contributed by atoms with Gasteiger partial charge in [0.25, 0.3) is 11.8 Å². The van der Waals surface area contributed by atoms with Crippen LogP contribution in [0.5, 0.6) is 11.5 Å². The van der Waals surface area contributed by atoms with Crippen molar-refractivity contribution in [3.05, 3.63) is 92.4 Å². The summed E-state index contributed by atoms with van der Waals surface area (Å²) in [7, 11) is 1.50. The summed E-state index contributed by atoms with van der Waals surface area (Å²) in [5.41, 5.74) is 1.65. The number of methoxy groups -OCH3 is 1. The van der Waals surface area contributed by atoms with Crippen molar-refractivity contribution in [1.82, 2.24) is 5.32 Å². The molecule has 1 aliphatic heterocycles. The number of imide groups is 2. The molecule has 4 rings (SSSR count). The van der Waals surface area contributed by atoms with Gasteiger partial charge in [-0.15, -0.1) is 0 Å². The van der Waals surface area contributed by atoms with Crippen LogP contribution in [0.4, 0.5) is 10.5 Å². The highest BCUT2D eigenvalue weighted by atomic mass is 79.9. The Bertz CT molecular complexity index is 1290. The Morgan fingerprint density at radius 3 is 2.32 bits per heavy atom. The zero-order valence-corrected chi connectivity index (χ0v) is 21.1. The summed E-state index contributed by atoms with van der Waals surface area (Å²) in [4.78, 5) is 38.9. The maximum atomic E-state index is 13.1. The molecular formula is C25H18Br2N2O5. The molecular weight excluding hydrogens is 568 g/mol. The Kier molecular flexibility index (Phi) is 7.14. The van der Waals surface area contributed by atoms with Gasteiger partial charge in [-0.1, -0.05) is 62.2 Å². The van der Waals surface area contributed by atoms with E-state index < -0.39 is 17.8 Å². The number of nitrogens with one attached hydrogen (secondary N) is 1. The van der Waals surface area contributed by atoms with E-state index in [4.69, 9.17) is 9.47 Å². The summed E-state index contributed by atoms with van der Waals surface area (Å²) in [5.74, 6) is -0.591. The van der Waals surface area contributed by atoms with Crippen molar-refractivity contribution in [2.45, 2.75) is 6.61 Å². The van der Waals surface area contributed by atoms with Gasteiger partial charge in [0, 0.05) is 8.95 Å². The van der Waals surface area contributed by atoms with E-state index in [0.29, 0.717) is 33.8 Å². The van der Waals surface area contributed by atoms with Crippen LogP contribution in [-0.2, 0) is 16.2 Å². The molecule has 9 heteroatoms. The van der Waals surface area contributed by atoms with Crippen LogP contribution in [0.25, 0.3) is 6.08 Å². The van der Waals surface area contributed by atoms with Crippen LogP contribution in [0.15, 0.2) is 81.2 Å². The summed E-state index contributed by atoms with van der Waals surface area (Å²) in [5, 5.41) is 2.22. The highest BCUT2D eigenvalue weighted by Crippen LogP contribution is 2.35. The minimum Gasteiger partial charge on any atom is -0.493 e. The Morgan fingerprint density at radius 1 is 0.941 bits per heavy atom. The van der Waals surface area contributed by atoms with Crippen molar-refractivity contribution in [1.29, 1.82) is 0 Å². The zero-order chi connectivity index (χ0) is 24.2. The Morgan fingerprint density at radius 2 is 1.65 bits per heavy atom. The van der Waals surface area contributed by atoms with Crippen molar-refractivity contribution in [3.63, 3.8) is 0 Å². The van der Waals surface area contributed by atoms with Crippen molar-refractivity contribution in [3.8, 4) is 11.5 Å². The van der Waals surface area contributed by atoms with E-state index >= 15 is 0 Å². The Labute approximate surface area is 212 Å². The second-order valence-electron chi connectivity index (χ2n) is 7.23. The molecule has 4 amide bonds. The SMILES string of the molecule is COc1cc(/C=C2\C(=O)NC(=O)N(c3ccc(Br)cc3)C2=O)c(Br)cc1OCc1ccccc1. The number of amides is 4. The molecule has 0 spiro atoms.